The third-order valence-electron chi connectivity index (χ3n) is 10.1. The van der Waals surface area contributed by atoms with Crippen LogP contribution in [-0.4, -0.2) is 157 Å². The van der Waals surface area contributed by atoms with Crippen molar-refractivity contribution in [3.8, 4) is 34.5 Å². The van der Waals surface area contributed by atoms with Gasteiger partial charge in [0.25, 0.3) is 0 Å². The van der Waals surface area contributed by atoms with E-state index in [9.17, 15) is 40.9 Å². The third kappa shape index (κ3) is 6.94. The molecule has 14 atom stereocenters. The van der Waals surface area contributed by atoms with Crippen molar-refractivity contribution in [1.82, 2.24) is 0 Å². The zero-order valence-electron chi connectivity index (χ0n) is 28.9. The number of hydrogen-bond donors (Lipinski definition) is 8. The minimum absolute atomic E-state index is 0.0541. The number of benzene rings is 2. The van der Waals surface area contributed by atoms with Crippen molar-refractivity contribution >= 4 is 0 Å². The van der Waals surface area contributed by atoms with Gasteiger partial charge in [0.15, 0.2) is 23.0 Å². The molecule has 0 aromatic heterocycles. The lowest BCUT2D eigenvalue weighted by Gasteiger charge is -2.39. The first kappa shape index (κ1) is 38.5. The van der Waals surface area contributed by atoms with Crippen LogP contribution in [0, 0.1) is 11.8 Å². The Hall–Kier alpha value is -3.24. The van der Waals surface area contributed by atoms with Crippen LogP contribution in [0.2, 0.25) is 0 Å². The highest BCUT2D eigenvalue weighted by Crippen LogP contribution is 2.54. The van der Waals surface area contributed by atoms with Gasteiger partial charge in [-0.25, -0.2) is 0 Å². The molecule has 18 nitrogen and oxygen atoms in total. The average molecular weight is 743 g/mol. The van der Waals surface area contributed by atoms with Crippen LogP contribution in [0.4, 0.5) is 0 Å². The van der Waals surface area contributed by atoms with Gasteiger partial charge in [-0.2, -0.15) is 0 Å². The molecule has 52 heavy (non-hydrogen) atoms. The molecule has 2 aromatic carbocycles. The second kappa shape index (κ2) is 16.0. The van der Waals surface area contributed by atoms with E-state index in [2.05, 4.69) is 0 Å². The maximum Gasteiger partial charge on any atom is 0.229 e. The molecule has 0 unspecified atom stereocenters. The second-order valence-corrected chi connectivity index (χ2v) is 13.0. The number of aliphatic hydroxyl groups is 8. The fourth-order valence-electron chi connectivity index (χ4n) is 7.16. The molecule has 4 aliphatic heterocycles. The molecule has 0 bridgehead atoms. The normalized spacial score (nSPS) is 37.3. The van der Waals surface area contributed by atoms with Crippen molar-refractivity contribution in [1.29, 1.82) is 0 Å². The minimum atomic E-state index is -1.65. The van der Waals surface area contributed by atoms with E-state index < -0.39 is 86.8 Å². The van der Waals surface area contributed by atoms with Crippen LogP contribution in [0.5, 0.6) is 34.5 Å². The Bertz CT molecular complexity index is 1360. The van der Waals surface area contributed by atoms with Gasteiger partial charge in [-0.3, -0.25) is 0 Å². The predicted octanol–water partition coefficient (Wildman–Crippen LogP) is -1.85. The second-order valence-electron chi connectivity index (χ2n) is 13.0. The molecule has 6 rings (SSSR count). The average Bonchev–Trinajstić information content (AvgIpc) is 3.78. The van der Waals surface area contributed by atoms with E-state index in [4.69, 9.17) is 47.4 Å². The van der Waals surface area contributed by atoms with Crippen molar-refractivity contribution < 1.29 is 88.2 Å². The number of fused-ring (bicyclic) bond motifs is 1. The van der Waals surface area contributed by atoms with E-state index in [1.807, 2.05) is 0 Å². The van der Waals surface area contributed by atoms with E-state index in [1.54, 1.807) is 24.3 Å². The predicted molar refractivity (Wildman–Crippen MR) is 172 cm³/mol. The summed E-state index contributed by atoms with van der Waals surface area (Å²) in [5.74, 6) is 0.683. The summed E-state index contributed by atoms with van der Waals surface area (Å²) >= 11 is 0. The summed E-state index contributed by atoms with van der Waals surface area (Å²) in [6.45, 7) is -0.604. The summed E-state index contributed by atoms with van der Waals surface area (Å²) in [5.41, 5.74) is 1.37. The first-order valence-corrected chi connectivity index (χ1v) is 16.7. The molecule has 0 amide bonds. The highest BCUT2D eigenvalue weighted by molar-refractivity contribution is 5.56. The number of rotatable bonds is 12. The highest BCUT2D eigenvalue weighted by Gasteiger charge is 2.50. The largest absolute Gasteiger partial charge is 0.493 e. The number of aliphatic hydroxyl groups excluding tert-OH is 8. The molecule has 0 spiro atoms. The molecule has 4 heterocycles. The van der Waals surface area contributed by atoms with Crippen LogP contribution in [0.15, 0.2) is 24.3 Å². The Labute approximate surface area is 298 Å². The van der Waals surface area contributed by atoms with Crippen molar-refractivity contribution in [2.75, 3.05) is 54.9 Å². The van der Waals surface area contributed by atoms with Crippen molar-refractivity contribution in [3.05, 3.63) is 35.4 Å². The summed E-state index contributed by atoms with van der Waals surface area (Å²) in [5, 5.41) is 81.0. The molecule has 0 radical (unpaired) electrons. The van der Waals surface area contributed by atoms with Crippen LogP contribution < -0.4 is 28.4 Å². The Morgan fingerprint density at radius 3 is 1.13 bits per heavy atom. The molecule has 290 valence electrons. The topological polar surface area (TPSA) is 254 Å². The minimum Gasteiger partial charge on any atom is -0.493 e. The molecule has 2 aromatic rings. The van der Waals surface area contributed by atoms with Crippen LogP contribution in [-0.2, 0) is 18.9 Å². The third-order valence-corrected chi connectivity index (χ3v) is 10.1. The van der Waals surface area contributed by atoms with Gasteiger partial charge >= 0.3 is 0 Å². The lowest BCUT2D eigenvalue weighted by atomic mass is 9.84. The van der Waals surface area contributed by atoms with Gasteiger partial charge in [-0.05, 0) is 35.4 Å². The van der Waals surface area contributed by atoms with Gasteiger partial charge in [-0.15, -0.1) is 0 Å². The molecule has 4 aliphatic rings. The Morgan fingerprint density at radius 1 is 0.519 bits per heavy atom. The summed E-state index contributed by atoms with van der Waals surface area (Å²) in [6.07, 6.45) is -15.9. The van der Waals surface area contributed by atoms with Crippen molar-refractivity contribution in [2.45, 2.75) is 73.6 Å². The molecule has 4 fully saturated rings. The summed E-state index contributed by atoms with van der Waals surface area (Å²) in [6, 6.07) is 6.78. The van der Waals surface area contributed by atoms with Gasteiger partial charge < -0.3 is 88.2 Å². The van der Waals surface area contributed by atoms with Crippen LogP contribution in [0.25, 0.3) is 0 Å². The fourth-order valence-corrected chi connectivity index (χ4v) is 7.16. The maximum absolute atomic E-state index is 10.5. The summed E-state index contributed by atoms with van der Waals surface area (Å²) in [4.78, 5) is 0. The smallest absolute Gasteiger partial charge is 0.229 e. The Balaban J connectivity index is 1.22. The molecule has 0 saturated carbocycles. The highest BCUT2D eigenvalue weighted by atomic mass is 16.7. The van der Waals surface area contributed by atoms with Crippen molar-refractivity contribution in [3.63, 3.8) is 0 Å². The molecular formula is C34H46O18. The van der Waals surface area contributed by atoms with Gasteiger partial charge in [0.2, 0.25) is 24.1 Å². The van der Waals surface area contributed by atoms with E-state index in [0.29, 0.717) is 24.3 Å². The standard InChI is InChI=1S/C34H46O18/c1-43-17-5-13(6-18(44-2)31(17)51-33-27(41)25(39)23(37)21(9-35)49-33)29-15-11-48-30(16(15)12-47-29)14-7-19(45-3)32(20(8-14)46-4)52-34-28(42)26(40)24(38)22(10-36)50-34/h5-8,15-16,21-30,33-42H,9-12H2,1-4H3/t15-,16+,21-,22-,23-,24-,25+,26+,27-,28-,29+,30-,33-,34-/m1/s1. The first-order valence-electron chi connectivity index (χ1n) is 16.7. The van der Waals surface area contributed by atoms with E-state index >= 15 is 0 Å². The molecule has 8 N–H and O–H groups in total. The van der Waals surface area contributed by atoms with E-state index in [-0.39, 0.29) is 46.3 Å². The number of hydrogen-bond acceptors (Lipinski definition) is 18. The first-order chi connectivity index (χ1) is 25.0. The number of methoxy groups -OCH3 is 4. The van der Waals surface area contributed by atoms with Gasteiger partial charge in [-0.1, -0.05) is 0 Å². The zero-order valence-corrected chi connectivity index (χ0v) is 28.9. The SMILES string of the molecule is COc1cc([C@H]2OC[C@@H]3[C@@H]2CO[C@H]3c2cc(OC)c(O[C@H]3O[C@H](CO)[C@@H](O)[C@H](O)[C@H]3O)c(OC)c2)cc(OC)c1O[C@H]1O[C@H](CO)[C@@H](O)[C@H](O)[C@H]1O. The van der Waals surface area contributed by atoms with Crippen LogP contribution in [0.1, 0.15) is 23.3 Å². The monoisotopic (exact) mass is 742 g/mol. The Morgan fingerprint density at radius 2 is 0.846 bits per heavy atom. The molecule has 4 saturated heterocycles. The Kier molecular flexibility index (Phi) is 11.8. The van der Waals surface area contributed by atoms with E-state index in [0.717, 1.165) is 0 Å². The summed E-state index contributed by atoms with van der Waals surface area (Å²) in [7, 11) is 5.66. The number of ether oxygens (including phenoxy) is 10. The maximum atomic E-state index is 10.5. The lowest BCUT2D eigenvalue weighted by molar-refractivity contribution is -0.277. The van der Waals surface area contributed by atoms with Gasteiger partial charge in [0, 0.05) is 11.8 Å². The van der Waals surface area contributed by atoms with Gasteiger partial charge in [0.1, 0.15) is 48.8 Å². The molecular weight excluding hydrogens is 696 g/mol. The molecule has 18 heteroatoms. The lowest BCUT2D eigenvalue weighted by Crippen LogP contribution is -2.60. The van der Waals surface area contributed by atoms with Gasteiger partial charge in [0.05, 0.1) is 67.1 Å². The molecule has 0 aliphatic carbocycles. The fraction of sp³-hybridized carbons (Fsp3) is 0.647. The summed E-state index contributed by atoms with van der Waals surface area (Å²) < 4.78 is 58.0. The van der Waals surface area contributed by atoms with E-state index in [1.165, 1.54) is 28.4 Å². The van der Waals surface area contributed by atoms with Crippen LogP contribution >= 0.6 is 0 Å². The quantitative estimate of drug-likeness (QED) is 0.119. The zero-order chi connectivity index (χ0) is 37.4. The van der Waals surface area contributed by atoms with Crippen molar-refractivity contribution in [2.24, 2.45) is 11.8 Å². The van der Waals surface area contributed by atoms with Crippen LogP contribution in [0.3, 0.4) is 0 Å².